The number of hydrogen-bond donors (Lipinski definition) is 1. The van der Waals surface area contributed by atoms with Gasteiger partial charge in [0.05, 0.1) is 18.7 Å². The van der Waals surface area contributed by atoms with Crippen molar-refractivity contribution in [1.82, 2.24) is 20.2 Å². The summed E-state index contributed by atoms with van der Waals surface area (Å²) in [4.78, 5) is 24.2. The van der Waals surface area contributed by atoms with E-state index in [2.05, 4.69) is 20.2 Å². The van der Waals surface area contributed by atoms with Gasteiger partial charge in [-0.1, -0.05) is 6.07 Å². The summed E-state index contributed by atoms with van der Waals surface area (Å²) >= 11 is 1.73. The highest BCUT2D eigenvalue weighted by Gasteiger charge is 2.43. The number of likely N-dealkylation sites (tertiary alicyclic amines) is 1. The first kappa shape index (κ1) is 20.1. The van der Waals surface area contributed by atoms with Crippen LogP contribution in [-0.2, 0) is 11.3 Å². The zero-order valence-corrected chi connectivity index (χ0v) is 18.3. The van der Waals surface area contributed by atoms with Gasteiger partial charge in [-0.05, 0) is 62.0 Å². The van der Waals surface area contributed by atoms with Gasteiger partial charge >= 0.3 is 0 Å². The van der Waals surface area contributed by atoms with E-state index in [4.69, 9.17) is 4.74 Å². The van der Waals surface area contributed by atoms with Crippen LogP contribution in [0, 0.1) is 24.7 Å². The second-order valence-electron chi connectivity index (χ2n) is 9.18. The number of thiazole rings is 1. The van der Waals surface area contributed by atoms with E-state index in [1.807, 2.05) is 30.6 Å². The molecule has 3 heterocycles. The first-order valence-electron chi connectivity index (χ1n) is 11.1. The quantitative estimate of drug-likeness (QED) is 0.736. The van der Waals surface area contributed by atoms with E-state index in [1.54, 1.807) is 17.5 Å². The van der Waals surface area contributed by atoms with Crippen LogP contribution in [0.1, 0.15) is 46.7 Å². The third-order valence-electron chi connectivity index (χ3n) is 6.82. The van der Waals surface area contributed by atoms with E-state index in [-0.39, 0.29) is 18.1 Å². The molecule has 4 atom stereocenters. The maximum absolute atomic E-state index is 13.0. The first-order chi connectivity index (χ1) is 14.7. The molecule has 3 aliphatic rings. The summed E-state index contributed by atoms with van der Waals surface area (Å²) in [7, 11) is 0. The predicted octanol–water partition coefficient (Wildman–Crippen LogP) is 3.28. The lowest BCUT2D eigenvalue weighted by Gasteiger charge is -2.38. The van der Waals surface area contributed by atoms with Gasteiger partial charge in [-0.15, -0.1) is 11.3 Å². The fraction of sp³-hybridized carbons (Fsp3) is 0.609. The van der Waals surface area contributed by atoms with Crippen molar-refractivity contribution >= 4 is 17.2 Å². The zero-order valence-electron chi connectivity index (χ0n) is 17.5. The Morgan fingerprint density at radius 2 is 2.07 bits per heavy atom. The zero-order chi connectivity index (χ0) is 20.5. The number of aryl methyl sites for hydroxylation is 1. The summed E-state index contributed by atoms with van der Waals surface area (Å²) in [6.07, 6.45) is 8.24. The fourth-order valence-electron chi connectivity index (χ4n) is 5.00. The maximum Gasteiger partial charge on any atom is 0.270 e. The van der Waals surface area contributed by atoms with Crippen LogP contribution >= 0.6 is 11.3 Å². The molecule has 0 radical (unpaired) electrons. The SMILES string of the molecule is Cc1cccnc1C(=O)N[C@H]1C[C@H]2CN(Cc3nccs3)C[C@H]2C[C@@H]1OCC1CC1. The van der Waals surface area contributed by atoms with E-state index < -0.39 is 0 Å². The van der Waals surface area contributed by atoms with E-state index in [0.29, 0.717) is 17.5 Å². The molecule has 1 N–H and O–H groups in total. The highest BCUT2D eigenvalue weighted by atomic mass is 32.1. The number of nitrogens with one attached hydrogen (secondary N) is 1. The summed E-state index contributed by atoms with van der Waals surface area (Å²) in [5.41, 5.74) is 1.44. The molecule has 1 amide bonds. The summed E-state index contributed by atoms with van der Waals surface area (Å²) < 4.78 is 6.37. The number of amides is 1. The number of hydrogen-bond acceptors (Lipinski definition) is 6. The smallest absolute Gasteiger partial charge is 0.270 e. The van der Waals surface area contributed by atoms with Gasteiger partial charge in [0.15, 0.2) is 0 Å². The minimum absolute atomic E-state index is 0.0544. The van der Waals surface area contributed by atoms with Gasteiger partial charge in [-0.3, -0.25) is 14.7 Å². The lowest BCUT2D eigenvalue weighted by Crippen LogP contribution is -2.50. The summed E-state index contributed by atoms with van der Waals surface area (Å²) in [6, 6.07) is 3.86. The molecule has 0 unspecified atom stereocenters. The topological polar surface area (TPSA) is 67.4 Å². The molecular formula is C23H30N4O2S. The van der Waals surface area contributed by atoms with Gasteiger partial charge < -0.3 is 10.1 Å². The van der Waals surface area contributed by atoms with Gasteiger partial charge in [-0.25, -0.2) is 4.98 Å². The Bertz CT molecular complexity index is 870. The van der Waals surface area contributed by atoms with E-state index in [1.165, 1.54) is 17.8 Å². The number of aromatic nitrogens is 2. The molecule has 0 bridgehead atoms. The Balaban J connectivity index is 1.26. The highest BCUT2D eigenvalue weighted by molar-refractivity contribution is 7.09. The normalized spacial score (nSPS) is 29.0. The van der Waals surface area contributed by atoms with Crippen LogP contribution in [0.2, 0.25) is 0 Å². The molecule has 7 heteroatoms. The molecule has 2 aromatic heterocycles. The molecule has 3 fully saturated rings. The summed E-state index contributed by atoms with van der Waals surface area (Å²) in [6.45, 7) is 5.89. The van der Waals surface area contributed by atoms with Crippen LogP contribution in [0.5, 0.6) is 0 Å². The van der Waals surface area contributed by atoms with Crippen molar-refractivity contribution in [2.24, 2.45) is 17.8 Å². The number of nitrogens with zero attached hydrogens (tertiary/aromatic N) is 3. The van der Waals surface area contributed by atoms with Crippen molar-refractivity contribution in [2.45, 2.75) is 51.3 Å². The van der Waals surface area contributed by atoms with Crippen molar-refractivity contribution in [2.75, 3.05) is 19.7 Å². The lowest BCUT2D eigenvalue weighted by atomic mass is 9.77. The van der Waals surface area contributed by atoms with Gasteiger partial charge in [0.25, 0.3) is 5.91 Å². The lowest BCUT2D eigenvalue weighted by molar-refractivity contribution is -0.0212. The Kier molecular flexibility index (Phi) is 5.85. The standard InChI is InChI=1S/C23H30N4O2S/c1-15-3-2-6-25-22(15)23(28)26-19-9-17-11-27(13-21-24-7-8-30-21)12-18(17)10-20(19)29-14-16-4-5-16/h2-3,6-8,16-20H,4-5,9-14H2,1H3,(H,26,28)/t17-,18+,19-,20-/m0/s1. The molecule has 30 heavy (non-hydrogen) atoms. The first-order valence-corrected chi connectivity index (χ1v) is 12.0. The maximum atomic E-state index is 13.0. The van der Waals surface area contributed by atoms with E-state index >= 15 is 0 Å². The molecule has 2 aromatic rings. The largest absolute Gasteiger partial charge is 0.376 e. The average Bonchev–Trinajstić information content (AvgIpc) is 3.27. The molecule has 0 spiro atoms. The van der Waals surface area contributed by atoms with Gasteiger partial charge in [0.2, 0.25) is 0 Å². The van der Waals surface area contributed by atoms with Crippen LogP contribution in [0.25, 0.3) is 0 Å². The molecular weight excluding hydrogens is 396 g/mol. The van der Waals surface area contributed by atoms with Gasteiger partial charge in [0, 0.05) is 37.5 Å². The Morgan fingerprint density at radius 3 is 2.80 bits per heavy atom. The van der Waals surface area contributed by atoms with Crippen LogP contribution in [0.4, 0.5) is 0 Å². The van der Waals surface area contributed by atoms with Crippen molar-refractivity contribution in [1.29, 1.82) is 0 Å². The Morgan fingerprint density at radius 1 is 1.23 bits per heavy atom. The minimum Gasteiger partial charge on any atom is -0.376 e. The Labute approximate surface area is 182 Å². The predicted molar refractivity (Wildman–Crippen MR) is 116 cm³/mol. The molecule has 6 nitrogen and oxygen atoms in total. The Hall–Kier alpha value is -1.83. The fourth-order valence-corrected chi connectivity index (χ4v) is 5.66. The summed E-state index contributed by atoms with van der Waals surface area (Å²) in [5.74, 6) is 1.89. The second kappa shape index (κ2) is 8.73. The van der Waals surface area contributed by atoms with Gasteiger partial charge in [0.1, 0.15) is 10.7 Å². The van der Waals surface area contributed by atoms with Crippen LogP contribution in [0.15, 0.2) is 29.9 Å². The molecule has 0 aromatic carbocycles. The number of rotatable bonds is 7. The molecule has 5 rings (SSSR count). The van der Waals surface area contributed by atoms with Gasteiger partial charge in [-0.2, -0.15) is 0 Å². The van der Waals surface area contributed by atoms with Crippen LogP contribution in [0.3, 0.4) is 0 Å². The van der Waals surface area contributed by atoms with Crippen LogP contribution < -0.4 is 5.32 Å². The summed E-state index contributed by atoms with van der Waals surface area (Å²) in [5, 5.41) is 6.52. The van der Waals surface area contributed by atoms with E-state index in [9.17, 15) is 4.79 Å². The molecule has 160 valence electrons. The number of carbonyl (C=O) groups excluding carboxylic acids is 1. The highest BCUT2D eigenvalue weighted by Crippen LogP contribution is 2.39. The molecule has 2 aliphatic carbocycles. The monoisotopic (exact) mass is 426 g/mol. The van der Waals surface area contributed by atoms with Crippen LogP contribution in [-0.4, -0.2) is 52.6 Å². The number of pyridine rings is 1. The average molecular weight is 427 g/mol. The molecule has 2 saturated carbocycles. The van der Waals surface area contributed by atoms with E-state index in [0.717, 1.165) is 50.6 Å². The molecule has 1 saturated heterocycles. The number of carbonyl (C=O) groups is 1. The second-order valence-corrected chi connectivity index (χ2v) is 10.2. The van der Waals surface area contributed by atoms with Crippen molar-refractivity contribution in [3.05, 3.63) is 46.2 Å². The van der Waals surface area contributed by atoms with Crippen molar-refractivity contribution < 1.29 is 9.53 Å². The third-order valence-corrected chi connectivity index (χ3v) is 7.58. The third kappa shape index (κ3) is 4.58. The van der Waals surface area contributed by atoms with Crippen molar-refractivity contribution in [3.8, 4) is 0 Å². The molecule has 1 aliphatic heterocycles. The number of fused-ring (bicyclic) bond motifs is 1. The number of ether oxygens (including phenoxy) is 1. The van der Waals surface area contributed by atoms with Crippen molar-refractivity contribution in [3.63, 3.8) is 0 Å². The minimum atomic E-state index is -0.0748.